The fourth-order valence-corrected chi connectivity index (χ4v) is 2.37. The zero-order valence-corrected chi connectivity index (χ0v) is 12.8. The molecule has 0 fully saturated rings. The zero-order chi connectivity index (χ0) is 15.1. The highest BCUT2D eigenvalue weighted by molar-refractivity contribution is 5.26. The Bertz CT molecular complexity index is 551. The zero-order valence-electron chi connectivity index (χ0n) is 12.8. The molecule has 0 bridgehead atoms. The molecule has 0 spiro atoms. The molecule has 0 aliphatic rings. The van der Waals surface area contributed by atoms with Crippen LogP contribution >= 0.6 is 0 Å². The molecule has 0 aliphatic heterocycles. The normalized spacial score (nSPS) is 12.3. The second-order valence-electron chi connectivity index (χ2n) is 5.45. The van der Waals surface area contributed by atoms with Crippen LogP contribution in [0.2, 0.25) is 0 Å². The number of aromatic hydroxyl groups is 1. The van der Waals surface area contributed by atoms with Crippen molar-refractivity contribution in [2.24, 2.45) is 0 Å². The molecule has 112 valence electrons. The molecule has 2 rings (SSSR count). The molecular formula is C18H24N2O. The maximum atomic E-state index is 9.27. The molecule has 1 aromatic heterocycles. The summed E-state index contributed by atoms with van der Waals surface area (Å²) in [6, 6.07) is 12.0. The van der Waals surface area contributed by atoms with Gasteiger partial charge in [0.25, 0.3) is 0 Å². The van der Waals surface area contributed by atoms with Crippen molar-refractivity contribution in [3.63, 3.8) is 0 Å². The second kappa shape index (κ2) is 7.79. The minimum atomic E-state index is 0.326. The van der Waals surface area contributed by atoms with Gasteiger partial charge in [-0.15, -0.1) is 0 Å². The summed E-state index contributed by atoms with van der Waals surface area (Å²) in [5.41, 5.74) is 3.72. The van der Waals surface area contributed by atoms with E-state index in [0.717, 1.165) is 31.5 Å². The van der Waals surface area contributed by atoms with Crippen LogP contribution in [0.1, 0.15) is 37.1 Å². The van der Waals surface area contributed by atoms with E-state index in [-0.39, 0.29) is 0 Å². The SMILES string of the molecule is CCc1cccnc1CNC(C)CCc1ccc(O)cc1. The summed E-state index contributed by atoms with van der Waals surface area (Å²) in [4.78, 5) is 4.46. The van der Waals surface area contributed by atoms with Crippen LogP contribution in [0.15, 0.2) is 42.6 Å². The molecule has 21 heavy (non-hydrogen) atoms. The van der Waals surface area contributed by atoms with Gasteiger partial charge in [0.1, 0.15) is 5.75 Å². The van der Waals surface area contributed by atoms with Gasteiger partial charge in [-0.3, -0.25) is 4.98 Å². The highest BCUT2D eigenvalue weighted by Gasteiger charge is 2.05. The van der Waals surface area contributed by atoms with Gasteiger partial charge in [0.05, 0.1) is 5.69 Å². The molecule has 0 saturated carbocycles. The van der Waals surface area contributed by atoms with Crippen LogP contribution in [-0.4, -0.2) is 16.1 Å². The highest BCUT2D eigenvalue weighted by atomic mass is 16.3. The molecule has 0 amide bonds. The largest absolute Gasteiger partial charge is 0.508 e. The fraction of sp³-hybridized carbons (Fsp3) is 0.389. The molecule has 1 heterocycles. The number of nitrogens with one attached hydrogen (secondary N) is 1. The number of hydrogen-bond acceptors (Lipinski definition) is 3. The topological polar surface area (TPSA) is 45.2 Å². The molecule has 3 nitrogen and oxygen atoms in total. The first kappa shape index (κ1) is 15.5. The molecule has 1 unspecified atom stereocenters. The summed E-state index contributed by atoms with van der Waals surface area (Å²) >= 11 is 0. The van der Waals surface area contributed by atoms with Crippen molar-refractivity contribution in [1.82, 2.24) is 10.3 Å². The minimum absolute atomic E-state index is 0.326. The summed E-state index contributed by atoms with van der Waals surface area (Å²) in [6.45, 7) is 5.19. The smallest absolute Gasteiger partial charge is 0.115 e. The summed E-state index contributed by atoms with van der Waals surface area (Å²) < 4.78 is 0. The number of phenolic OH excluding ortho intramolecular Hbond substituents is 1. The summed E-state index contributed by atoms with van der Waals surface area (Å²) in [7, 11) is 0. The van der Waals surface area contributed by atoms with Gasteiger partial charge in [-0.25, -0.2) is 0 Å². The standard InChI is InChI=1S/C18H24N2O/c1-3-16-5-4-12-19-18(16)13-20-14(2)6-7-15-8-10-17(21)11-9-15/h4-5,8-12,14,20-21H,3,6-7,13H2,1-2H3. The average molecular weight is 284 g/mol. The van der Waals surface area contributed by atoms with Gasteiger partial charge in [0.15, 0.2) is 0 Å². The summed E-state index contributed by atoms with van der Waals surface area (Å²) in [5, 5.41) is 12.8. The molecule has 2 aromatic rings. The van der Waals surface area contributed by atoms with E-state index in [4.69, 9.17) is 0 Å². The Kier molecular flexibility index (Phi) is 5.76. The Morgan fingerprint density at radius 3 is 2.67 bits per heavy atom. The van der Waals surface area contributed by atoms with Crippen molar-refractivity contribution in [2.45, 2.75) is 45.7 Å². The first-order valence-electron chi connectivity index (χ1n) is 7.63. The van der Waals surface area contributed by atoms with E-state index in [2.05, 4.69) is 30.2 Å². The van der Waals surface area contributed by atoms with Crippen molar-refractivity contribution in [2.75, 3.05) is 0 Å². The maximum Gasteiger partial charge on any atom is 0.115 e. The molecule has 0 saturated heterocycles. The monoisotopic (exact) mass is 284 g/mol. The first-order chi connectivity index (χ1) is 10.2. The van der Waals surface area contributed by atoms with Crippen LogP contribution in [0, 0.1) is 0 Å². The van der Waals surface area contributed by atoms with Crippen molar-refractivity contribution in [3.05, 3.63) is 59.4 Å². The Morgan fingerprint density at radius 2 is 1.95 bits per heavy atom. The van der Waals surface area contributed by atoms with Crippen LogP contribution in [0.25, 0.3) is 0 Å². The van der Waals surface area contributed by atoms with E-state index in [1.54, 1.807) is 12.1 Å². The van der Waals surface area contributed by atoms with Crippen LogP contribution in [0.4, 0.5) is 0 Å². The number of aromatic nitrogens is 1. The van der Waals surface area contributed by atoms with Crippen molar-refractivity contribution in [3.8, 4) is 5.75 Å². The number of benzene rings is 1. The van der Waals surface area contributed by atoms with Crippen molar-refractivity contribution < 1.29 is 5.11 Å². The quantitative estimate of drug-likeness (QED) is 0.818. The van der Waals surface area contributed by atoms with Crippen molar-refractivity contribution >= 4 is 0 Å². The van der Waals surface area contributed by atoms with Gasteiger partial charge in [-0.05, 0) is 55.5 Å². The van der Waals surface area contributed by atoms with E-state index in [9.17, 15) is 5.11 Å². The lowest BCUT2D eigenvalue weighted by Crippen LogP contribution is -2.26. The highest BCUT2D eigenvalue weighted by Crippen LogP contribution is 2.12. The molecule has 3 heteroatoms. The number of aryl methyl sites for hydroxylation is 2. The van der Waals surface area contributed by atoms with E-state index >= 15 is 0 Å². The van der Waals surface area contributed by atoms with Gasteiger partial charge in [-0.2, -0.15) is 0 Å². The van der Waals surface area contributed by atoms with Crippen LogP contribution in [0.5, 0.6) is 5.75 Å². The van der Waals surface area contributed by atoms with Crippen LogP contribution in [-0.2, 0) is 19.4 Å². The average Bonchev–Trinajstić information content (AvgIpc) is 2.52. The lowest BCUT2D eigenvalue weighted by atomic mass is 10.1. The Hall–Kier alpha value is -1.87. The number of hydrogen-bond donors (Lipinski definition) is 2. The van der Waals surface area contributed by atoms with Gasteiger partial charge >= 0.3 is 0 Å². The Morgan fingerprint density at radius 1 is 1.19 bits per heavy atom. The molecular weight excluding hydrogens is 260 g/mol. The number of nitrogens with zero attached hydrogens (tertiary/aromatic N) is 1. The van der Waals surface area contributed by atoms with E-state index in [1.165, 1.54) is 11.1 Å². The minimum Gasteiger partial charge on any atom is -0.508 e. The van der Waals surface area contributed by atoms with Crippen molar-refractivity contribution in [1.29, 1.82) is 0 Å². The fourth-order valence-electron chi connectivity index (χ4n) is 2.37. The number of phenols is 1. The Balaban J connectivity index is 1.79. The third kappa shape index (κ3) is 4.87. The van der Waals surface area contributed by atoms with Gasteiger partial charge in [0.2, 0.25) is 0 Å². The number of pyridine rings is 1. The summed E-state index contributed by atoms with van der Waals surface area (Å²) in [6.07, 6.45) is 4.96. The van der Waals surface area contributed by atoms with Gasteiger partial charge < -0.3 is 10.4 Å². The molecule has 1 atom stereocenters. The van der Waals surface area contributed by atoms with E-state index < -0.39 is 0 Å². The Labute approximate surface area is 127 Å². The lowest BCUT2D eigenvalue weighted by molar-refractivity contribution is 0.474. The molecule has 1 aromatic carbocycles. The van der Waals surface area contributed by atoms with Crippen LogP contribution < -0.4 is 5.32 Å². The predicted octanol–water partition coefficient (Wildman–Crippen LogP) is 3.46. The van der Waals surface area contributed by atoms with Crippen LogP contribution in [0.3, 0.4) is 0 Å². The number of rotatable bonds is 7. The maximum absolute atomic E-state index is 9.27. The molecule has 2 N–H and O–H groups in total. The molecule has 0 aliphatic carbocycles. The lowest BCUT2D eigenvalue weighted by Gasteiger charge is -2.15. The van der Waals surface area contributed by atoms with Gasteiger partial charge in [-0.1, -0.05) is 25.1 Å². The van der Waals surface area contributed by atoms with Gasteiger partial charge in [0, 0.05) is 18.8 Å². The van der Waals surface area contributed by atoms with E-state index in [1.807, 2.05) is 24.4 Å². The third-order valence-electron chi connectivity index (χ3n) is 3.79. The first-order valence-corrected chi connectivity index (χ1v) is 7.63. The van der Waals surface area contributed by atoms with E-state index in [0.29, 0.717) is 11.8 Å². The summed E-state index contributed by atoms with van der Waals surface area (Å²) in [5.74, 6) is 0.326. The second-order valence-corrected chi connectivity index (χ2v) is 5.45. The molecule has 0 radical (unpaired) electrons. The third-order valence-corrected chi connectivity index (χ3v) is 3.79. The predicted molar refractivity (Wildman–Crippen MR) is 86.3 cm³/mol.